The number of thiazole rings is 1. The molecule has 1 heterocycles. The number of rotatable bonds is 5. The van der Waals surface area contributed by atoms with Crippen molar-refractivity contribution in [2.45, 2.75) is 24.9 Å². The van der Waals surface area contributed by atoms with Gasteiger partial charge < -0.3 is 10.2 Å². The largest absolute Gasteiger partial charge is 0.352 e. The van der Waals surface area contributed by atoms with E-state index in [1.165, 1.54) is 6.26 Å². The third kappa shape index (κ3) is 5.04. The van der Waals surface area contributed by atoms with Crippen LogP contribution in [0.25, 0.3) is 0 Å². The lowest BCUT2D eigenvalue weighted by Gasteiger charge is -2.21. The second-order valence-corrected chi connectivity index (χ2v) is 8.61. The van der Waals surface area contributed by atoms with Gasteiger partial charge in [0, 0.05) is 32.3 Å². The zero-order valence-electron chi connectivity index (χ0n) is 14.3. The van der Waals surface area contributed by atoms with Gasteiger partial charge in [0.05, 0.1) is 22.1 Å². The molecule has 0 unspecified atom stereocenters. The van der Waals surface area contributed by atoms with Crippen LogP contribution in [0.5, 0.6) is 0 Å². The van der Waals surface area contributed by atoms with E-state index in [1.807, 2.05) is 24.3 Å². The highest BCUT2D eigenvalue weighted by Crippen LogP contribution is 2.11. The first-order valence-electron chi connectivity index (χ1n) is 7.41. The Hall–Kier alpha value is -1.93. The molecule has 2 aromatic rings. The highest BCUT2D eigenvalue weighted by atomic mass is 32.2. The topological polar surface area (TPSA) is 74.7 Å². The lowest BCUT2D eigenvalue weighted by molar-refractivity contribution is 0.470. The Morgan fingerprint density at radius 1 is 1.33 bits per heavy atom. The summed E-state index contributed by atoms with van der Waals surface area (Å²) in [4.78, 5) is 11.1. The molecular formula is C16H22N4O2S2. The maximum atomic E-state index is 11.5. The Morgan fingerprint density at radius 3 is 2.50 bits per heavy atom. The molecule has 1 aromatic carbocycles. The monoisotopic (exact) mass is 366 g/mol. The quantitative estimate of drug-likeness (QED) is 0.648. The van der Waals surface area contributed by atoms with E-state index < -0.39 is 9.84 Å². The van der Waals surface area contributed by atoms with Crippen LogP contribution in [0.2, 0.25) is 0 Å². The number of hydrogen-bond acceptors (Lipinski definition) is 5. The van der Waals surface area contributed by atoms with Crippen molar-refractivity contribution < 1.29 is 8.42 Å². The molecule has 8 heteroatoms. The molecule has 6 nitrogen and oxygen atoms in total. The number of hydrogen-bond donors (Lipinski definition) is 1. The molecule has 0 amide bonds. The maximum absolute atomic E-state index is 11.5. The summed E-state index contributed by atoms with van der Waals surface area (Å²) in [5, 5.41) is 6.37. The van der Waals surface area contributed by atoms with Crippen molar-refractivity contribution in [3.63, 3.8) is 0 Å². The van der Waals surface area contributed by atoms with Crippen molar-refractivity contribution in [2.24, 2.45) is 4.99 Å². The number of benzene rings is 1. The van der Waals surface area contributed by atoms with E-state index in [0.717, 1.165) is 22.2 Å². The molecule has 0 aliphatic rings. The van der Waals surface area contributed by atoms with Crippen LogP contribution in [-0.2, 0) is 22.9 Å². The van der Waals surface area contributed by atoms with E-state index >= 15 is 0 Å². The molecule has 24 heavy (non-hydrogen) atoms. The van der Waals surface area contributed by atoms with Gasteiger partial charge in [0.25, 0.3) is 0 Å². The molecule has 0 saturated heterocycles. The van der Waals surface area contributed by atoms with Crippen molar-refractivity contribution in [1.29, 1.82) is 0 Å². The average molecular weight is 367 g/mol. The van der Waals surface area contributed by atoms with Crippen LogP contribution in [0.1, 0.15) is 16.3 Å². The van der Waals surface area contributed by atoms with Gasteiger partial charge in [0.1, 0.15) is 0 Å². The summed E-state index contributed by atoms with van der Waals surface area (Å²) in [5.41, 5.74) is 2.00. The summed E-state index contributed by atoms with van der Waals surface area (Å²) in [6.45, 7) is 3.23. The number of guanidine groups is 1. The molecule has 1 N–H and O–H groups in total. The van der Waals surface area contributed by atoms with Gasteiger partial charge in [-0.15, -0.1) is 11.3 Å². The predicted octanol–water partition coefficient (Wildman–Crippen LogP) is 2.06. The van der Waals surface area contributed by atoms with E-state index in [9.17, 15) is 8.42 Å². The average Bonchev–Trinajstić information content (AvgIpc) is 2.92. The molecular weight excluding hydrogens is 344 g/mol. The summed E-state index contributed by atoms with van der Waals surface area (Å²) in [7, 11) is 0.529. The van der Waals surface area contributed by atoms with E-state index in [0.29, 0.717) is 18.0 Å². The summed E-state index contributed by atoms with van der Waals surface area (Å²) in [6.07, 6.45) is 1.21. The SMILES string of the molecule is CN=C(NCc1ccc(S(C)(=O)=O)cc1)N(C)Cc1csc(C)n1. The fraction of sp³-hybridized carbons (Fsp3) is 0.375. The molecule has 1 aromatic heterocycles. The van der Waals surface area contributed by atoms with Crippen LogP contribution >= 0.6 is 11.3 Å². The van der Waals surface area contributed by atoms with Gasteiger partial charge in [0.2, 0.25) is 0 Å². The molecule has 130 valence electrons. The highest BCUT2D eigenvalue weighted by molar-refractivity contribution is 7.90. The van der Waals surface area contributed by atoms with Gasteiger partial charge in [-0.3, -0.25) is 4.99 Å². The Kier molecular flexibility index (Phi) is 5.95. The molecule has 0 radical (unpaired) electrons. The number of nitrogens with one attached hydrogen (secondary N) is 1. The van der Waals surface area contributed by atoms with Crippen LogP contribution < -0.4 is 5.32 Å². The standard InChI is InChI=1S/C16H22N4O2S2/c1-12-19-14(11-23-12)10-20(3)16(17-2)18-9-13-5-7-15(8-6-13)24(4,21)22/h5-8,11H,9-10H2,1-4H3,(H,17,18). The Bertz CT molecular complexity index is 811. The third-order valence-electron chi connectivity index (χ3n) is 3.44. The number of nitrogens with zero attached hydrogens (tertiary/aromatic N) is 3. The van der Waals surface area contributed by atoms with Gasteiger partial charge in [-0.2, -0.15) is 0 Å². The normalized spacial score (nSPS) is 12.2. The zero-order valence-corrected chi connectivity index (χ0v) is 15.9. The number of aliphatic imine (C=N–C) groups is 1. The molecule has 0 saturated carbocycles. The van der Waals surface area contributed by atoms with Gasteiger partial charge in [-0.25, -0.2) is 13.4 Å². The number of aromatic nitrogens is 1. The smallest absolute Gasteiger partial charge is 0.194 e. The Morgan fingerprint density at radius 2 is 2.00 bits per heavy atom. The Balaban J connectivity index is 1.95. The molecule has 0 fully saturated rings. The van der Waals surface area contributed by atoms with Gasteiger partial charge in [-0.1, -0.05) is 12.1 Å². The van der Waals surface area contributed by atoms with Crippen molar-refractivity contribution in [2.75, 3.05) is 20.4 Å². The third-order valence-corrected chi connectivity index (χ3v) is 5.39. The summed E-state index contributed by atoms with van der Waals surface area (Å²) < 4.78 is 22.9. The van der Waals surface area contributed by atoms with Crippen LogP contribution in [0.15, 0.2) is 39.5 Å². The van der Waals surface area contributed by atoms with Crippen molar-refractivity contribution in [3.8, 4) is 0 Å². The minimum Gasteiger partial charge on any atom is -0.352 e. The van der Waals surface area contributed by atoms with Crippen LogP contribution in [0.3, 0.4) is 0 Å². The zero-order chi connectivity index (χ0) is 17.7. The molecule has 0 spiro atoms. The first-order chi connectivity index (χ1) is 11.3. The van der Waals surface area contributed by atoms with Crippen molar-refractivity contribution in [3.05, 3.63) is 45.9 Å². The molecule has 2 rings (SSSR count). The first-order valence-corrected chi connectivity index (χ1v) is 10.2. The van der Waals surface area contributed by atoms with Crippen LogP contribution in [-0.4, -0.2) is 44.6 Å². The molecule has 0 atom stereocenters. The van der Waals surface area contributed by atoms with Crippen LogP contribution in [0.4, 0.5) is 0 Å². The van der Waals surface area contributed by atoms with E-state index in [4.69, 9.17) is 0 Å². The number of sulfone groups is 1. The van der Waals surface area contributed by atoms with E-state index in [1.54, 1.807) is 42.6 Å². The van der Waals surface area contributed by atoms with Crippen molar-refractivity contribution in [1.82, 2.24) is 15.2 Å². The second-order valence-electron chi connectivity index (χ2n) is 5.53. The first kappa shape index (κ1) is 18.4. The van der Waals surface area contributed by atoms with Gasteiger partial charge >= 0.3 is 0 Å². The van der Waals surface area contributed by atoms with Crippen LogP contribution in [0, 0.1) is 6.92 Å². The lowest BCUT2D eigenvalue weighted by Crippen LogP contribution is -2.38. The molecule has 0 aliphatic carbocycles. The lowest BCUT2D eigenvalue weighted by atomic mass is 10.2. The second kappa shape index (κ2) is 7.76. The summed E-state index contributed by atoms with van der Waals surface area (Å²) in [6, 6.07) is 6.86. The molecule has 0 bridgehead atoms. The fourth-order valence-electron chi connectivity index (χ4n) is 2.22. The maximum Gasteiger partial charge on any atom is 0.194 e. The number of aryl methyl sites for hydroxylation is 1. The molecule has 0 aliphatic heterocycles. The predicted molar refractivity (Wildman–Crippen MR) is 98.1 cm³/mol. The Labute approximate surface area is 147 Å². The minimum absolute atomic E-state index is 0.326. The van der Waals surface area contributed by atoms with E-state index in [-0.39, 0.29) is 0 Å². The minimum atomic E-state index is -3.16. The fourth-order valence-corrected chi connectivity index (χ4v) is 3.45. The van der Waals surface area contributed by atoms with Crippen molar-refractivity contribution >= 4 is 27.1 Å². The summed E-state index contributed by atoms with van der Waals surface area (Å²) >= 11 is 1.63. The van der Waals surface area contributed by atoms with Gasteiger partial charge in [-0.05, 0) is 24.6 Å². The highest BCUT2D eigenvalue weighted by Gasteiger charge is 2.09. The van der Waals surface area contributed by atoms with Gasteiger partial charge in [0.15, 0.2) is 15.8 Å². The van der Waals surface area contributed by atoms with E-state index in [2.05, 4.69) is 15.3 Å². The summed E-state index contributed by atoms with van der Waals surface area (Å²) in [5.74, 6) is 0.757.